The minimum Gasteiger partial charge on any atom is -0.494 e. The fourth-order valence-electron chi connectivity index (χ4n) is 2.71. The van der Waals surface area contributed by atoms with Gasteiger partial charge in [0.25, 0.3) is 5.91 Å². The second kappa shape index (κ2) is 8.93. The normalized spacial score (nSPS) is 19.6. The fourth-order valence-corrected chi connectivity index (χ4v) is 2.97. The van der Waals surface area contributed by atoms with Crippen molar-refractivity contribution in [3.8, 4) is 5.75 Å². The lowest BCUT2D eigenvalue weighted by atomic mass is 10.0. The van der Waals surface area contributed by atoms with E-state index >= 15 is 0 Å². The average molecular weight is 417 g/mol. The van der Waals surface area contributed by atoms with Crippen LogP contribution in [0.1, 0.15) is 30.5 Å². The minimum atomic E-state index is -0.339. The molecule has 1 heterocycles. The van der Waals surface area contributed by atoms with Gasteiger partial charge in [0.1, 0.15) is 11.8 Å². The Morgan fingerprint density at radius 3 is 2.65 bits per heavy atom. The van der Waals surface area contributed by atoms with Gasteiger partial charge >= 0.3 is 0 Å². The van der Waals surface area contributed by atoms with Crippen molar-refractivity contribution in [3.63, 3.8) is 0 Å². The zero-order valence-electron chi connectivity index (χ0n) is 14.4. The highest BCUT2D eigenvalue weighted by Crippen LogP contribution is 2.24. The van der Waals surface area contributed by atoms with Crippen LogP contribution in [0.4, 0.5) is 0 Å². The van der Waals surface area contributed by atoms with Crippen LogP contribution in [0.25, 0.3) is 0 Å². The summed E-state index contributed by atoms with van der Waals surface area (Å²) in [5.41, 5.74) is 10.8. The molecule has 1 amide bonds. The van der Waals surface area contributed by atoms with Crippen LogP contribution in [0, 0.1) is 0 Å². The van der Waals surface area contributed by atoms with Gasteiger partial charge in [-0.3, -0.25) is 4.79 Å². The van der Waals surface area contributed by atoms with Crippen molar-refractivity contribution in [2.75, 3.05) is 6.61 Å². The Bertz CT molecular complexity index is 762. The number of carbonyl (C=O) groups is 1. The van der Waals surface area contributed by atoms with Gasteiger partial charge in [-0.05, 0) is 48.7 Å². The molecular formula is C19H21BrN4O2. The summed E-state index contributed by atoms with van der Waals surface area (Å²) in [5.74, 6) is 0.679. The van der Waals surface area contributed by atoms with Gasteiger partial charge in [-0.1, -0.05) is 40.2 Å². The van der Waals surface area contributed by atoms with Crippen LogP contribution in [0.5, 0.6) is 5.75 Å². The maximum Gasteiger partial charge on any atom is 0.258 e. The van der Waals surface area contributed by atoms with E-state index in [0.29, 0.717) is 13.0 Å². The van der Waals surface area contributed by atoms with Crippen LogP contribution in [0.2, 0.25) is 0 Å². The van der Waals surface area contributed by atoms with E-state index in [9.17, 15) is 4.79 Å². The van der Waals surface area contributed by atoms with Gasteiger partial charge in [0.2, 0.25) is 0 Å². The first-order chi connectivity index (χ1) is 12.7. The molecule has 0 radical (unpaired) electrons. The van der Waals surface area contributed by atoms with Crippen molar-refractivity contribution < 1.29 is 9.53 Å². The number of nitrogens with one attached hydrogen (secondary N) is 3. The molecule has 0 aromatic heterocycles. The van der Waals surface area contributed by atoms with Crippen molar-refractivity contribution in [3.05, 3.63) is 64.1 Å². The average Bonchev–Trinajstić information content (AvgIpc) is 3.14. The summed E-state index contributed by atoms with van der Waals surface area (Å²) in [4.78, 5) is 12.3. The van der Waals surface area contributed by atoms with Gasteiger partial charge in [-0.2, -0.15) is 5.10 Å². The molecular weight excluding hydrogens is 396 g/mol. The molecule has 2 aromatic rings. The summed E-state index contributed by atoms with van der Waals surface area (Å²) in [6.07, 6.45) is 2.27. The predicted octanol–water partition coefficient (Wildman–Crippen LogP) is 2.91. The molecule has 2 unspecified atom stereocenters. The van der Waals surface area contributed by atoms with E-state index in [4.69, 9.17) is 4.74 Å². The van der Waals surface area contributed by atoms with Crippen LogP contribution < -0.4 is 21.0 Å². The number of rotatable bonds is 6. The van der Waals surface area contributed by atoms with Gasteiger partial charge < -0.3 is 4.74 Å². The summed E-state index contributed by atoms with van der Waals surface area (Å²) in [6, 6.07) is 15.3. The third-order valence-electron chi connectivity index (χ3n) is 4.07. The molecule has 0 bridgehead atoms. The SMILES string of the molecule is CCOc1ccc(C2CC(C(=O)N/N=C/c3ccc(Br)cc3)NN2)cc1. The number of halogens is 1. The predicted molar refractivity (Wildman–Crippen MR) is 105 cm³/mol. The second-order valence-electron chi connectivity index (χ2n) is 5.92. The third-order valence-corrected chi connectivity index (χ3v) is 4.60. The van der Waals surface area contributed by atoms with Crippen molar-refractivity contribution in [2.24, 2.45) is 5.10 Å². The number of hydrogen-bond donors (Lipinski definition) is 3. The molecule has 1 saturated heterocycles. The topological polar surface area (TPSA) is 74.8 Å². The number of hydrazone groups is 1. The largest absolute Gasteiger partial charge is 0.494 e. The summed E-state index contributed by atoms with van der Waals surface area (Å²) in [6.45, 7) is 2.60. The standard InChI is InChI=1S/C19H21BrN4O2/c1-2-26-16-9-5-14(6-10-16)17-11-18(23-22-17)19(25)24-21-12-13-3-7-15(20)8-4-13/h3-10,12,17-18,22-23H,2,11H2,1H3,(H,24,25)/b21-12+. The Kier molecular flexibility index (Phi) is 6.38. The Morgan fingerprint density at radius 2 is 1.96 bits per heavy atom. The summed E-state index contributed by atoms with van der Waals surface area (Å²) < 4.78 is 6.45. The molecule has 136 valence electrons. The van der Waals surface area contributed by atoms with E-state index < -0.39 is 0 Å². The highest BCUT2D eigenvalue weighted by Gasteiger charge is 2.29. The van der Waals surface area contributed by atoms with E-state index in [1.807, 2.05) is 55.5 Å². The Labute approximate surface area is 161 Å². The number of carbonyl (C=O) groups excluding carboxylic acids is 1. The number of hydrazine groups is 1. The highest BCUT2D eigenvalue weighted by atomic mass is 79.9. The Morgan fingerprint density at radius 1 is 1.23 bits per heavy atom. The molecule has 1 fully saturated rings. The molecule has 2 aromatic carbocycles. The third kappa shape index (κ3) is 4.91. The quantitative estimate of drug-likeness (QED) is 0.499. The van der Waals surface area contributed by atoms with Gasteiger partial charge in [0.15, 0.2) is 0 Å². The maximum atomic E-state index is 12.3. The van der Waals surface area contributed by atoms with Crippen molar-refractivity contribution in [1.29, 1.82) is 0 Å². The number of nitrogens with zero attached hydrogens (tertiary/aromatic N) is 1. The first-order valence-electron chi connectivity index (χ1n) is 8.48. The number of benzene rings is 2. The van der Waals surface area contributed by atoms with E-state index in [1.165, 1.54) is 0 Å². The second-order valence-corrected chi connectivity index (χ2v) is 6.83. The fraction of sp³-hybridized carbons (Fsp3) is 0.263. The number of amides is 1. The molecule has 2 atom stereocenters. The zero-order valence-corrected chi connectivity index (χ0v) is 16.0. The molecule has 3 rings (SSSR count). The highest BCUT2D eigenvalue weighted by molar-refractivity contribution is 9.10. The van der Waals surface area contributed by atoms with E-state index in [-0.39, 0.29) is 18.0 Å². The first-order valence-corrected chi connectivity index (χ1v) is 9.27. The van der Waals surface area contributed by atoms with Crippen LogP contribution >= 0.6 is 15.9 Å². The Hall–Kier alpha value is -2.22. The van der Waals surface area contributed by atoms with Crippen LogP contribution in [0.15, 0.2) is 58.1 Å². The zero-order chi connectivity index (χ0) is 18.4. The molecule has 0 saturated carbocycles. The lowest BCUT2D eigenvalue weighted by molar-refractivity contribution is -0.122. The van der Waals surface area contributed by atoms with Crippen molar-refractivity contribution >= 4 is 28.1 Å². The Balaban J connectivity index is 1.51. The monoisotopic (exact) mass is 416 g/mol. The van der Waals surface area contributed by atoms with Gasteiger partial charge in [-0.15, -0.1) is 0 Å². The molecule has 0 aliphatic carbocycles. The summed E-state index contributed by atoms with van der Waals surface area (Å²) in [7, 11) is 0. The molecule has 26 heavy (non-hydrogen) atoms. The maximum absolute atomic E-state index is 12.3. The van der Waals surface area contributed by atoms with Crippen LogP contribution in [-0.2, 0) is 4.79 Å². The number of hydrogen-bond acceptors (Lipinski definition) is 5. The molecule has 0 spiro atoms. The van der Waals surface area contributed by atoms with E-state index in [1.54, 1.807) is 6.21 Å². The molecule has 7 heteroatoms. The molecule has 1 aliphatic rings. The number of ether oxygens (including phenoxy) is 1. The van der Waals surface area contributed by atoms with Gasteiger partial charge in [0, 0.05) is 10.5 Å². The summed E-state index contributed by atoms with van der Waals surface area (Å²) in [5, 5.41) is 4.02. The van der Waals surface area contributed by atoms with E-state index in [2.05, 4.69) is 37.3 Å². The van der Waals surface area contributed by atoms with Gasteiger partial charge in [0.05, 0.1) is 12.8 Å². The lowest BCUT2D eigenvalue weighted by Gasteiger charge is -2.10. The molecule has 6 nitrogen and oxygen atoms in total. The van der Waals surface area contributed by atoms with Gasteiger partial charge in [-0.25, -0.2) is 16.3 Å². The molecule has 3 N–H and O–H groups in total. The van der Waals surface area contributed by atoms with Crippen LogP contribution in [-0.4, -0.2) is 24.8 Å². The lowest BCUT2D eigenvalue weighted by Crippen LogP contribution is -2.41. The van der Waals surface area contributed by atoms with Crippen molar-refractivity contribution in [1.82, 2.24) is 16.3 Å². The smallest absolute Gasteiger partial charge is 0.258 e. The first kappa shape index (κ1) is 18.6. The van der Waals surface area contributed by atoms with E-state index in [0.717, 1.165) is 21.3 Å². The molecule has 1 aliphatic heterocycles. The summed E-state index contributed by atoms with van der Waals surface area (Å²) >= 11 is 3.38. The van der Waals surface area contributed by atoms with Crippen LogP contribution in [0.3, 0.4) is 0 Å². The van der Waals surface area contributed by atoms with Crippen molar-refractivity contribution in [2.45, 2.75) is 25.4 Å². The minimum absolute atomic E-state index is 0.0666.